The van der Waals surface area contributed by atoms with E-state index >= 15 is 0 Å². The maximum absolute atomic E-state index is 12.1. The third kappa shape index (κ3) is 1.16. The predicted octanol–water partition coefficient (Wildman–Crippen LogP) is 1.56. The number of rotatable bonds is 1. The smallest absolute Gasteiger partial charge is 0.324 e. The Hall–Kier alpha value is -0.180. The van der Waals surface area contributed by atoms with E-state index in [1.807, 2.05) is 20.8 Å². The zero-order valence-corrected chi connectivity index (χ0v) is 10.1. The normalized spacial score (nSPS) is 43.7. The molecule has 2 aliphatic carbocycles. The fourth-order valence-electron chi connectivity index (χ4n) is 3.43. The van der Waals surface area contributed by atoms with E-state index in [9.17, 15) is 19.1 Å². The van der Waals surface area contributed by atoms with Crippen molar-refractivity contribution >= 4 is 13.4 Å². The molecule has 2 saturated carbocycles. The van der Waals surface area contributed by atoms with Crippen LogP contribution in [0.2, 0.25) is 0 Å². The Morgan fingerprint density at radius 1 is 1.33 bits per heavy atom. The molecule has 2 bridgehead atoms. The van der Waals surface area contributed by atoms with Crippen molar-refractivity contribution in [3.05, 3.63) is 0 Å². The monoisotopic (exact) mass is 232 g/mol. The van der Waals surface area contributed by atoms with Crippen molar-refractivity contribution in [2.24, 2.45) is 16.7 Å². The van der Waals surface area contributed by atoms with Gasteiger partial charge in [-0.1, -0.05) is 20.8 Å². The van der Waals surface area contributed by atoms with Crippen LogP contribution in [0, 0.1) is 16.7 Å². The average Bonchev–Trinajstić information content (AvgIpc) is 2.33. The van der Waals surface area contributed by atoms with Gasteiger partial charge in [-0.15, -0.1) is 0 Å². The predicted molar refractivity (Wildman–Crippen MR) is 55.5 cm³/mol. The van der Waals surface area contributed by atoms with Crippen LogP contribution in [-0.2, 0) is 9.36 Å². The summed E-state index contributed by atoms with van der Waals surface area (Å²) >= 11 is 0. The van der Waals surface area contributed by atoms with Gasteiger partial charge in [0.25, 0.3) is 0 Å². The van der Waals surface area contributed by atoms with Crippen molar-refractivity contribution in [1.29, 1.82) is 0 Å². The molecule has 0 heterocycles. The zero-order valence-electron chi connectivity index (χ0n) is 9.23. The van der Waals surface area contributed by atoms with Crippen LogP contribution in [0.5, 0.6) is 0 Å². The SMILES string of the molecule is CC12CCC(C(P(=O)(O)O)C1=O)C2(C)C. The highest BCUT2D eigenvalue weighted by Gasteiger charge is 2.69. The topological polar surface area (TPSA) is 74.6 Å². The molecule has 2 rings (SSSR count). The average molecular weight is 232 g/mol. The van der Waals surface area contributed by atoms with E-state index in [1.54, 1.807) is 0 Å². The second-order valence-corrected chi connectivity index (χ2v) is 7.33. The van der Waals surface area contributed by atoms with Crippen molar-refractivity contribution in [1.82, 2.24) is 0 Å². The summed E-state index contributed by atoms with van der Waals surface area (Å²) in [6.45, 7) is 5.77. The molecule has 2 aliphatic rings. The van der Waals surface area contributed by atoms with Crippen LogP contribution >= 0.6 is 7.60 Å². The van der Waals surface area contributed by atoms with E-state index in [0.717, 1.165) is 12.8 Å². The van der Waals surface area contributed by atoms with E-state index < -0.39 is 18.7 Å². The van der Waals surface area contributed by atoms with Crippen molar-refractivity contribution in [3.8, 4) is 0 Å². The van der Waals surface area contributed by atoms with Crippen LogP contribution in [-0.4, -0.2) is 21.2 Å². The van der Waals surface area contributed by atoms with E-state index in [2.05, 4.69) is 0 Å². The fraction of sp³-hybridized carbons (Fsp3) is 0.900. The maximum atomic E-state index is 12.1. The summed E-state index contributed by atoms with van der Waals surface area (Å²) in [6, 6.07) is 0. The Morgan fingerprint density at radius 2 is 1.87 bits per heavy atom. The van der Waals surface area contributed by atoms with Crippen LogP contribution in [0.1, 0.15) is 33.6 Å². The lowest BCUT2D eigenvalue weighted by molar-refractivity contribution is -0.128. The van der Waals surface area contributed by atoms with Gasteiger partial charge in [-0.25, -0.2) is 0 Å². The van der Waals surface area contributed by atoms with Crippen LogP contribution in [0.15, 0.2) is 0 Å². The summed E-state index contributed by atoms with van der Waals surface area (Å²) < 4.78 is 11.3. The Kier molecular flexibility index (Phi) is 2.06. The molecule has 0 amide bonds. The molecule has 15 heavy (non-hydrogen) atoms. The molecular formula is C10H17O4P. The molecule has 0 aromatic heterocycles. The number of carbonyl (C=O) groups is 1. The quantitative estimate of drug-likeness (QED) is 0.673. The lowest BCUT2D eigenvalue weighted by atomic mass is 9.70. The summed E-state index contributed by atoms with van der Waals surface area (Å²) in [7, 11) is -4.28. The summed E-state index contributed by atoms with van der Waals surface area (Å²) in [5.41, 5.74) is -1.87. The van der Waals surface area contributed by atoms with E-state index in [-0.39, 0.29) is 17.1 Å². The van der Waals surface area contributed by atoms with Crippen LogP contribution < -0.4 is 0 Å². The lowest BCUT2D eigenvalue weighted by Crippen LogP contribution is -2.34. The minimum atomic E-state index is -4.28. The summed E-state index contributed by atoms with van der Waals surface area (Å²) in [5, 5.41) is 0. The van der Waals surface area contributed by atoms with Crippen molar-refractivity contribution in [2.75, 3.05) is 0 Å². The van der Waals surface area contributed by atoms with E-state index in [4.69, 9.17) is 0 Å². The Bertz CT molecular complexity index is 370. The zero-order chi connectivity index (χ0) is 11.6. The van der Waals surface area contributed by atoms with Gasteiger partial charge in [-0.05, 0) is 24.2 Å². The first-order chi connectivity index (χ1) is 6.62. The Balaban J connectivity index is 2.52. The number of hydrogen-bond donors (Lipinski definition) is 2. The molecule has 0 spiro atoms. The van der Waals surface area contributed by atoms with Gasteiger partial charge in [0, 0.05) is 5.41 Å². The molecular weight excluding hydrogens is 215 g/mol. The molecule has 0 saturated heterocycles. The number of hydrogen-bond acceptors (Lipinski definition) is 2. The highest BCUT2D eigenvalue weighted by atomic mass is 31.2. The molecule has 3 unspecified atom stereocenters. The van der Waals surface area contributed by atoms with Crippen molar-refractivity contribution < 1.29 is 19.1 Å². The third-order valence-electron chi connectivity index (χ3n) is 4.86. The van der Waals surface area contributed by atoms with Gasteiger partial charge in [0.2, 0.25) is 0 Å². The minimum Gasteiger partial charge on any atom is -0.324 e. The third-order valence-corrected chi connectivity index (χ3v) is 6.18. The van der Waals surface area contributed by atoms with Crippen LogP contribution in [0.25, 0.3) is 0 Å². The van der Waals surface area contributed by atoms with Gasteiger partial charge in [0.05, 0.1) is 0 Å². The van der Waals surface area contributed by atoms with Gasteiger partial charge < -0.3 is 9.79 Å². The van der Waals surface area contributed by atoms with E-state index in [0.29, 0.717) is 0 Å². The van der Waals surface area contributed by atoms with Gasteiger partial charge in [0.1, 0.15) is 5.66 Å². The summed E-state index contributed by atoms with van der Waals surface area (Å²) in [6.07, 6.45) is 1.52. The van der Waals surface area contributed by atoms with Crippen LogP contribution in [0.4, 0.5) is 0 Å². The lowest BCUT2D eigenvalue weighted by Gasteiger charge is -2.32. The summed E-state index contributed by atoms with van der Waals surface area (Å²) in [5.74, 6) is -0.382. The first-order valence-electron chi connectivity index (χ1n) is 5.22. The molecule has 3 atom stereocenters. The molecule has 0 aromatic rings. The molecule has 86 valence electrons. The second-order valence-electron chi connectivity index (χ2n) is 5.60. The highest BCUT2D eigenvalue weighted by Crippen LogP contribution is 2.70. The Labute approximate surface area is 89.2 Å². The largest absolute Gasteiger partial charge is 0.336 e. The van der Waals surface area contributed by atoms with Crippen molar-refractivity contribution in [3.63, 3.8) is 0 Å². The van der Waals surface area contributed by atoms with E-state index in [1.165, 1.54) is 0 Å². The maximum Gasteiger partial charge on any atom is 0.336 e. The minimum absolute atomic E-state index is 0.157. The molecule has 0 aliphatic heterocycles. The van der Waals surface area contributed by atoms with Gasteiger partial charge in [-0.2, -0.15) is 0 Å². The number of ketones is 1. The fourth-order valence-corrected chi connectivity index (χ4v) is 5.01. The van der Waals surface area contributed by atoms with Gasteiger partial charge in [0.15, 0.2) is 5.78 Å². The molecule has 2 fully saturated rings. The van der Waals surface area contributed by atoms with Gasteiger partial charge in [-0.3, -0.25) is 9.36 Å². The molecule has 0 aromatic carbocycles. The molecule has 2 N–H and O–H groups in total. The molecule has 5 heteroatoms. The summed E-state index contributed by atoms with van der Waals surface area (Å²) in [4.78, 5) is 30.6. The first-order valence-corrected chi connectivity index (χ1v) is 6.90. The number of fused-ring (bicyclic) bond motifs is 2. The second kappa shape index (κ2) is 2.73. The standard InChI is InChI=1S/C10H17O4P/c1-9(2)6-4-5-10(9,3)8(11)7(6)15(12,13)14/h6-7H,4-5H2,1-3H3,(H2,12,13,14). The van der Waals surface area contributed by atoms with Gasteiger partial charge >= 0.3 is 7.60 Å². The first kappa shape index (κ1) is 11.3. The van der Waals surface area contributed by atoms with Crippen LogP contribution in [0.3, 0.4) is 0 Å². The number of carbonyl (C=O) groups excluding carboxylic acids is 1. The highest BCUT2D eigenvalue weighted by molar-refractivity contribution is 7.53. The molecule has 4 nitrogen and oxygen atoms in total. The Morgan fingerprint density at radius 3 is 2.13 bits per heavy atom. The van der Waals surface area contributed by atoms with Crippen molar-refractivity contribution in [2.45, 2.75) is 39.3 Å². The molecule has 0 radical (unpaired) electrons. The number of Topliss-reactive ketones (excluding diaryl/α,β-unsaturated/α-hetero) is 1.